The largest absolute Gasteiger partial charge is 0.418 e. The number of para-hydroxylation sites is 1. The smallest absolute Gasteiger partial charge is 0.410 e. The summed E-state index contributed by atoms with van der Waals surface area (Å²) in [6.45, 7) is 2.04. The molecule has 1 atom stereocenters. The number of hydrogen-bond donors (Lipinski definition) is 1. The fourth-order valence-electron chi connectivity index (χ4n) is 2.18. The quantitative estimate of drug-likeness (QED) is 0.923. The van der Waals surface area contributed by atoms with Gasteiger partial charge < -0.3 is 4.74 Å². The van der Waals surface area contributed by atoms with E-state index in [4.69, 9.17) is 4.74 Å². The molecule has 2 heterocycles. The first-order chi connectivity index (χ1) is 10.7. The number of aliphatic imine (C=N–C) groups is 1. The molecule has 1 N–H and O–H groups in total. The Morgan fingerprint density at radius 2 is 2.18 bits per heavy atom. The van der Waals surface area contributed by atoms with Crippen LogP contribution in [0.1, 0.15) is 25.0 Å². The first-order valence-corrected chi connectivity index (χ1v) is 7.78. The number of aromatic nitrogens is 1. The molecule has 112 valence electrons. The number of rotatable bonds is 3. The lowest BCUT2D eigenvalue weighted by Gasteiger charge is -2.15. The summed E-state index contributed by atoms with van der Waals surface area (Å²) in [4.78, 5) is 20.4. The Labute approximate surface area is 132 Å². The first kappa shape index (κ1) is 14.5. The highest BCUT2D eigenvalue weighted by atomic mass is 32.1. The Hall–Kier alpha value is -2.47. The van der Waals surface area contributed by atoms with Gasteiger partial charge in [0.25, 0.3) is 0 Å². The number of carbonyl (C=O) groups is 1. The second-order valence-corrected chi connectivity index (χ2v) is 5.76. The van der Waals surface area contributed by atoms with Crippen molar-refractivity contribution in [2.45, 2.75) is 19.3 Å². The van der Waals surface area contributed by atoms with Gasteiger partial charge in [0.05, 0.1) is 5.69 Å². The van der Waals surface area contributed by atoms with Crippen LogP contribution in [0.2, 0.25) is 0 Å². The average molecular weight is 313 g/mol. The molecule has 1 aliphatic rings. The predicted octanol–water partition coefficient (Wildman–Crippen LogP) is 4.22. The number of nitrogens with one attached hydrogen (secondary N) is 1. The highest BCUT2D eigenvalue weighted by Gasteiger charge is 2.19. The minimum Gasteiger partial charge on any atom is -0.410 e. The van der Waals surface area contributed by atoms with Gasteiger partial charge in [0.15, 0.2) is 5.13 Å². The summed E-state index contributed by atoms with van der Waals surface area (Å²) in [6.07, 6.45) is 4.03. The minimum absolute atomic E-state index is 0.231. The lowest BCUT2D eigenvalue weighted by molar-refractivity contribution is 0.215. The van der Waals surface area contributed by atoms with Crippen LogP contribution < -0.4 is 10.1 Å². The van der Waals surface area contributed by atoms with Gasteiger partial charge >= 0.3 is 6.09 Å². The van der Waals surface area contributed by atoms with Crippen molar-refractivity contribution in [3.8, 4) is 5.75 Å². The summed E-state index contributed by atoms with van der Waals surface area (Å²) in [5, 5.41) is 5.15. The molecule has 0 saturated carbocycles. The number of carbonyl (C=O) groups excluding carboxylic acids is 1. The van der Waals surface area contributed by atoms with E-state index < -0.39 is 6.09 Å². The van der Waals surface area contributed by atoms with E-state index in [1.54, 1.807) is 12.1 Å². The van der Waals surface area contributed by atoms with E-state index in [0.717, 1.165) is 12.1 Å². The summed E-state index contributed by atoms with van der Waals surface area (Å²) >= 11 is 1.39. The van der Waals surface area contributed by atoms with Crippen molar-refractivity contribution in [1.82, 2.24) is 4.98 Å². The number of ether oxygens (including phenoxy) is 1. The van der Waals surface area contributed by atoms with Gasteiger partial charge in [-0.1, -0.05) is 18.2 Å². The van der Waals surface area contributed by atoms with Crippen LogP contribution in [-0.2, 0) is 0 Å². The number of allylic oxidation sites excluding steroid dienone is 1. The molecule has 0 saturated heterocycles. The molecule has 1 aromatic carbocycles. The van der Waals surface area contributed by atoms with Gasteiger partial charge in [0.2, 0.25) is 0 Å². The van der Waals surface area contributed by atoms with Gasteiger partial charge in [-0.3, -0.25) is 10.3 Å². The van der Waals surface area contributed by atoms with Gasteiger partial charge in [-0.05, 0) is 31.1 Å². The van der Waals surface area contributed by atoms with E-state index in [9.17, 15) is 4.79 Å². The van der Waals surface area contributed by atoms with Crippen molar-refractivity contribution < 1.29 is 9.53 Å². The zero-order valence-electron chi connectivity index (χ0n) is 12.0. The van der Waals surface area contributed by atoms with E-state index in [1.807, 2.05) is 42.9 Å². The molecule has 1 aromatic heterocycles. The number of nitrogens with zero attached hydrogens (tertiary/aromatic N) is 2. The van der Waals surface area contributed by atoms with E-state index >= 15 is 0 Å². The predicted molar refractivity (Wildman–Crippen MR) is 87.8 cm³/mol. The van der Waals surface area contributed by atoms with Gasteiger partial charge in [0.1, 0.15) is 5.75 Å². The molecule has 0 radical (unpaired) electrons. The second kappa shape index (κ2) is 6.53. The molecule has 2 aromatic rings. The van der Waals surface area contributed by atoms with Crippen molar-refractivity contribution >= 4 is 28.8 Å². The molecular weight excluding hydrogens is 298 g/mol. The Kier molecular flexibility index (Phi) is 4.29. The third kappa shape index (κ3) is 3.40. The van der Waals surface area contributed by atoms with Gasteiger partial charge in [-0.25, -0.2) is 9.78 Å². The number of thiazole rings is 1. The lowest BCUT2D eigenvalue weighted by Crippen LogP contribution is -2.16. The second-order valence-electron chi connectivity index (χ2n) is 4.90. The molecule has 0 bridgehead atoms. The van der Waals surface area contributed by atoms with Crippen LogP contribution in [0.4, 0.5) is 9.93 Å². The number of hydrogen-bond acceptors (Lipinski definition) is 5. The Balaban J connectivity index is 1.63. The maximum atomic E-state index is 11.8. The van der Waals surface area contributed by atoms with Crippen LogP contribution in [0.25, 0.3) is 0 Å². The molecule has 5 nitrogen and oxygen atoms in total. The third-order valence-corrected chi connectivity index (χ3v) is 4.09. The van der Waals surface area contributed by atoms with Gasteiger partial charge in [0, 0.05) is 23.7 Å². The van der Waals surface area contributed by atoms with Crippen molar-refractivity contribution in [3.63, 3.8) is 0 Å². The summed E-state index contributed by atoms with van der Waals surface area (Å²) in [6, 6.07) is 8.93. The van der Waals surface area contributed by atoms with Crippen LogP contribution >= 0.6 is 11.3 Å². The van der Waals surface area contributed by atoms with Crippen molar-refractivity contribution in [1.29, 1.82) is 0 Å². The van der Waals surface area contributed by atoms with Crippen LogP contribution in [0, 0.1) is 0 Å². The normalized spacial score (nSPS) is 17.0. The molecule has 22 heavy (non-hydrogen) atoms. The number of amides is 1. The zero-order chi connectivity index (χ0) is 15.4. The maximum Gasteiger partial charge on any atom is 0.418 e. The standard InChI is InChI=1S/C16H15N3O2S/c1-11-9-17-8-7-13(11)14-10-22-15(18-14)19-16(20)21-12-5-3-2-4-6-12/h2-6,8-10,13H,7H2,1H3,(H,18,19,20). The molecular formula is C16H15N3O2S. The third-order valence-electron chi connectivity index (χ3n) is 3.32. The van der Waals surface area contributed by atoms with E-state index in [0.29, 0.717) is 10.9 Å². The monoisotopic (exact) mass is 313 g/mol. The average Bonchev–Trinajstić information content (AvgIpc) is 2.97. The Bertz CT molecular complexity index is 722. The van der Waals surface area contributed by atoms with Crippen LogP contribution in [-0.4, -0.2) is 17.3 Å². The van der Waals surface area contributed by atoms with E-state index in [-0.39, 0.29) is 5.92 Å². The van der Waals surface area contributed by atoms with Crippen LogP contribution in [0.5, 0.6) is 5.75 Å². The van der Waals surface area contributed by atoms with Crippen molar-refractivity contribution in [3.05, 3.63) is 53.2 Å². The van der Waals surface area contributed by atoms with Crippen molar-refractivity contribution in [2.75, 3.05) is 5.32 Å². The molecule has 1 amide bonds. The van der Waals surface area contributed by atoms with Gasteiger partial charge in [-0.2, -0.15) is 0 Å². The zero-order valence-corrected chi connectivity index (χ0v) is 12.8. The van der Waals surface area contributed by atoms with Crippen LogP contribution in [0.3, 0.4) is 0 Å². The maximum absolute atomic E-state index is 11.8. The molecule has 3 rings (SSSR count). The summed E-state index contributed by atoms with van der Waals surface area (Å²) < 4.78 is 5.18. The summed E-state index contributed by atoms with van der Waals surface area (Å²) in [5.41, 5.74) is 2.12. The minimum atomic E-state index is -0.537. The number of benzene rings is 1. The molecule has 0 fully saturated rings. The van der Waals surface area contributed by atoms with Crippen molar-refractivity contribution in [2.24, 2.45) is 4.99 Å². The molecule has 6 heteroatoms. The fourth-order valence-corrected chi connectivity index (χ4v) is 2.93. The van der Waals surface area contributed by atoms with Gasteiger partial charge in [-0.15, -0.1) is 11.3 Å². The summed E-state index contributed by atoms with van der Waals surface area (Å²) in [5.74, 6) is 0.730. The molecule has 0 aliphatic carbocycles. The lowest BCUT2D eigenvalue weighted by atomic mass is 9.94. The van der Waals surface area contributed by atoms with E-state index in [2.05, 4.69) is 15.3 Å². The highest BCUT2D eigenvalue weighted by molar-refractivity contribution is 7.13. The topological polar surface area (TPSA) is 63.6 Å². The van der Waals surface area contributed by atoms with E-state index in [1.165, 1.54) is 16.9 Å². The summed E-state index contributed by atoms with van der Waals surface area (Å²) in [7, 11) is 0. The molecule has 0 spiro atoms. The molecule has 1 aliphatic heterocycles. The van der Waals surface area contributed by atoms with Crippen LogP contribution in [0.15, 0.2) is 52.5 Å². The fraction of sp³-hybridized carbons (Fsp3) is 0.188. The highest BCUT2D eigenvalue weighted by Crippen LogP contribution is 2.31. The number of anilines is 1. The Morgan fingerprint density at radius 1 is 1.36 bits per heavy atom. The Morgan fingerprint density at radius 3 is 2.95 bits per heavy atom. The SMILES string of the molecule is CC1=CN=CCC1c1csc(NC(=O)Oc2ccccc2)n1. The molecule has 1 unspecified atom stereocenters. The first-order valence-electron chi connectivity index (χ1n) is 6.90.